The highest BCUT2D eigenvalue weighted by molar-refractivity contribution is 7.10. The van der Waals surface area contributed by atoms with Gasteiger partial charge < -0.3 is 5.32 Å². The number of nitrogens with one attached hydrogen (secondary N) is 1. The molecule has 1 saturated carbocycles. The van der Waals surface area contributed by atoms with Crippen molar-refractivity contribution in [1.82, 2.24) is 9.78 Å². The minimum absolute atomic E-state index is 0.472. The first-order chi connectivity index (χ1) is 8.78. The minimum Gasteiger partial charge on any atom is -0.374 e. The van der Waals surface area contributed by atoms with Gasteiger partial charge in [0.25, 0.3) is 0 Å². The molecule has 2 heterocycles. The van der Waals surface area contributed by atoms with Crippen LogP contribution in [-0.4, -0.2) is 9.78 Å². The lowest BCUT2D eigenvalue weighted by Crippen LogP contribution is -2.12. The quantitative estimate of drug-likeness (QED) is 0.891. The fourth-order valence-electron chi connectivity index (χ4n) is 2.40. The van der Waals surface area contributed by atoms with Crippen LogP contribution in [0.25, 0.3) is 0 Å². The molecule has 0 spiro atoms. The highest BCUT2D eigenvalue weighted by Gasteiger charge is 2.33. The van der Waals surface area contributed by atoms with Gasteiger partial charge in [0.15, 0.2) is 0 Å². The molecule has 1 fully saturated rings. The van der Waals surface area contributed by atoms with Crippen molar-refractivity contribution in [2.24, 2.45) is 13.0 Å². The number of hydrogen-bond acceptors (Lipinski definition) is 3. The van der Waals surface area contributed by atoms with E-state index < -0.39 is 0 Å². The number of nitrogens with zero attached hydrogens (tertiary/aromatic N) is 2. The zero-order valence-electron chi connectivity index (χ0n) is 10.9. The molecule has 0 saturated heterocycles. The molecule has 0 bridgehead atoms. The van der Waals surface area contributed by atoms with Gasteiger partial charge in [-0.25, -0.2) is 0 Å². The maximum Gasteiger partial charge on any atom is 0.0853 e. The highest BCUT2D eigenvalue weighted by Crippen LogP contribution is 2.44. The average Bonchev–Trinajstić information content (AvgIpc) is 2.92. The van der Waals surface area contributed by atoms with E-state index in [1.165, 1.54) is 29.1 Å². The van der Waals surface area contributed by atoms with Gasteiger partial charge >= 0.3 is 0 Å². The van der Waals surface area contributed by atoms with Gasteiger partial charge in [0, 0.05) is 18.1 Å². The molecule has 2 aromatic rings. The molecule has 1 aliphatic carbocycles. The van der Waals surface area contributed by atoms with Crippen molar-refractivity contribution < 1.29 is 0 Å². The normalized spacial score (nSPS) is 16.8. The third-order valence-electron chi connectivity index (χ3n) is 3.49. The van der Waals surface area contributed by atoms with Crippen LogP contribution in [0.2, 0.25) is 0 Å². The molecule has 1 N–H and O–H groups in total. The Kier molecular flexibility index (Phi) is 3.12. The number of hydrogen-bond donors (Lipinski definition) is 1. The molecule has 0 aromatic carbocycles. The number of rotatable bonds is 5. The van der Waals surface area contributed by atoms with E-state index in [1.807, 2.05) is 23.1 Å². The summed E-state index contributed by atoms with van der Waals surface area (Å²) in [7, 11) is 1.99. The van der Waals surface area contributed by atoms with E-state index in [0.717, 1.165) is 12.3 Å². The van der Waals surface area contributed by atoms with Crippen LogP contribution in [-0.2, 0) is 13.5 Å². The maximum absolute atomic E-state index is 4.50. The maximum atomic E-state index is 4.50. The van der Waals surface area contributed by atoms with Crippen molar-refractivity contribution in [2.75, 3.05) is 5.32 Å². The van der Waals surface area contributed by atoms with Crippen LogP contribution in [0.3, 0.4) is 0 Å². The van der Waals surface area contributed by atoms with E-state index in [0.29, 0.717) is 6.04 Å². The Morgan fingerprint density at radius 2 is 2.39 bits per heavy atom. The van der Waals surface area contributed by atoms with Crippen molar-refractivity contribution in [3.8, 4) is 0 Å². The molecule has 1 aliphatic rings. The molecular formula is C14H19N3S. The van der Waals surface area contributed by atoms with E-state index >= 15 is 0 Å². The SMILES string of the molecule is CCc1nn(C)cc1NC(c1cccs1)C1CC1. The van der Waals surface area contributed by atoms with Crippen molar-refractivity contribution in [3.05, 3.63) is 34.3 Å². The van der Waals surface area contributed by atoms with Crippen molar-refractivity contribution in [1.29, 1.82) is 0 Å². The monoisotopic (exact) mass is 261 g/mol. The van der Waals surface area contributed by atoms with Crippen LogP contribution in [0.4, 0.5) is 5.69 Å². The van der Waals surface area contributed by atoms with Crippen LogP contribution in [0.15, 0.2) is 23.7 Å². The fraction of sp³-hybridized carbons (Fsp3) is 0.500. The van der Waals surface area contributed by atoms with E-state index in [-0.39, 0.29) is 0 Å². The Hall–Kier alpha value is -1.29. The summed E-state index contributed by atoms with van der Waals surface area (Å²) >= 11 is 1.85. The number of thiophene rings is 1. The second-order valence-electron chi connectivity index (χ2n) is 4.99. The lowest BCUT2D eigenvalue weighted by Gasteiger charge is -2.17. The zero-order chi connectivity index (χ0) is 12.5. The molecule has 0 amide bonds. The smallest absolute Gasteiger partial charge is 0.0853 e. The molecule has 18 heavy (non-hydrogen) atoms. The van der Waals surface area contributed by atoms with Crippen LogP contribution in [0, 0.1) is 5.92 Å². The van der Waals surface area contributed by atoms with Gasteiger partial charge in [-0.3, -0.25) is 4.68 Å². The van der Waals surface area contributed by atoms with E-state index in [4.69, 9.17) is 0 Å². The van der Waals surface area contributed by atoms with Crippen molar-refractivity contribution in [3.63, 3.8) is 0 Å². The summed E-state index contributed by atoms with van der Waals surface area (Å²) < 4.78 is 1.90. The van der Waals surface area contributed by atoms with Gasteiger partial charge in [0.05, 0.1) is 17.4 Å². The predicted molar refractivity (Wildman–Crippen MR) is 76.0 cm³/mol. The van der Waals surface area contributed by atoms with Gasteiger partial charge in [0.1, 0.15) is 0 Å². The summed E-state index contributed by atoms with van der Waals surface area (Å²) in [5.74, 6) is 0.800. The lowest BCUT2D eigenvalue weighted by atomic mass is 10.1. The van der Waals surface area contributed by atoms with E-state index in [9.17, 15) is 0 Å². The second kappa shape index (κ2) is 4.76. The zero-order valence-corrected chi connectivity index (χ0v) is 11.7. The summed E-state index contributed by atoms with van der Waals surface area (Å²) in [6, 6.07) is 4.85. The molecule has 1 atom stereocenters. The van der Waals surface area contributed by atoms with E-state index in [2.05, 4.69) is 41.0 Å². The third kappa shape index (κ3) is 2.29. The Morgan fingerprint density at radius 1 is 1.56 bits per heavy atom. The molecular weight excluding hydrogens is 242 g/mol. The van der Waals surface area contributed by atoms with E-state index in [1.54, 1.807) is 0 Å². The van der Waals surface area contributed by atoms with Gasteiger partial charge in [-0.2, -0.15) is 5.10 Å². The second-order valence-corrected chi connectivity index (χ2v) is 5.97. The first kappa shape index (κ1) is 11.8. The summed E-state index contributed by atoms with van der Waals surface area (Å²) in [6.07, 6.45) is 5.77. The van der Waals surface area contributed by atoms with Gasteiger partial charge in [-0.1, -0.05) is 13.0 Å². The van der Waals surface area contributed by atoms with Crippen molar-refractivity contribution in [2.45, 2.75) is 32.2 Å². The largest absolute Gasteiger partial charge is 0.374 e. The number of aryl methyl sites for hydroxylation is 2. The van der Waals surface area contributed by atoms with Crippen molar-refractivity contribution >= 4 is 17.0 Å². The molecule has 4 heteroatoms. The first-order valence-electron chi connectivity index (χ1n) is 6.60. The first-order valence-corrected chi connectivity index (χ1v) is 7.48. The Bertz CT molecular complexity index is 511. The Morgan fingerprint density at radius 3 is 3.00 bits per heavy atom. The highest BCUT2D eigenvalue weighted by atomic mass is 32.1. The predicted octanol–water partition coefficient (Wildman–Crippen LogP) is 3.61. The van der Waals surface area contributed by atoms with Gasteiger partial charge in [-0.05, 0) is 36.6 Å². The Balaban J connectivity index is 1.84. The molecule has 3 rings (SSSR count). The summed E-state index contributed by atoms with van der Waals surface area (Å²) in [5, 5.41) is 10.4. The molecule has 2 aromatic heterocycles. The van der Waals surface area contributed by atoms with Crippen LogP contribution in [0.1, 0.15) is 36.4 Å². The standard InChI is InChI=1S/C14H19N3S/c1-3-11-12(9-17(2)16-11)15-14(10-6-7-10)13-5-4-8-18-13/h4-5,8-10,14-15H,3,6-7H2,1-2H3. The molecule has 3 nitrogen and oxygen atoms in total. The minimum atomic E-state index is 0.472. The summed E-state index contributed by atoms with van der Waals surface area (Å²) in [4.78, 5) is 1.45. The van der Waals surface area contributed by atoms with Crippen LogP contribution >= 0.6 is 11.3 Å². The molecule has 1 unspecified atom stereocenters. The third-order valence-corrected chi connectivity index (χ3v) is 4.45. The molecule has 0 radical (unpaired) electrons. The lowest BCUT2D eigenvalue weighted by molar-refractivity contribution is 0.690. The number of aromatic nitrogens is 2. The van der Waals surface area contributed by atoms with Gasteiger partial charge in [0.2, 0.25) is 0 Å². The number of anilines is 1. The van der Waals surface area contributed by atoms with Crippen LogP contribution in [0.5, 0.6) is 0 Å². The summed E-state index contributed by atoms with van der Waals surface area (Å²) in [5.41, 5.74) is 2.37. The Labute approximate surface area is 112 Å². The molecule has 96 valence electrons. The fourth-order valence-corrected chi connectivity index (χ4v) is 3.27. The molecule has 0 aliphatic heterocycles. The average molecular weight is 261 g/mol. The van der Waals surface area contributed by atoms with Crippen LogP contribution < -0.4 is 5.32 Å². The summed E-state index contributed by atoms with van der Waals surface area (Å²) in [6.45, 7) is 2.16. The topological polar surface area (TPSA) is 29.9 Å². The van der Waals surface area contributed by atoms with Gasteiger partial charge in [-0.15, -0.1) is 11.3 Å².